The Kier molecular flexibility index (Phi) is 8.61. The quantitative estimate of drug-likeness (QED) is 0.610. The molecule has 4 nitrogen and oxygen atoms in total. The SMILES string of the molecule is NCCCCCN1CCCN(CCCO)CC1. The zero-order valence-corrected chi connectivity index (χ0v) is 11.1. The minimum absolute atomic E-state index is 0.319. The molecule has 0 spiro atoms. The molecule has 0 aromatic rings. The molecule has 1 rings (SSSR count). The Labute approximate surface area is 106 Å². The molecule has 0 radical (unpaired) electrons. The fourth-order valence-electron chi connectivity index (χ4n) is 2.42. The highest BCUT2D eigenvalue weighted by atomic mass is 16.3. The van der Waals surface area contributed by atoms with Crippen LogP contribution < -0.4 is 5.73 Å². The van der Waals surface area contributed by atoms with E-state index in [0.29, 0.717) is 6.61 Å². The maximum absolute atomic E-state index is 8.84. The molecule has 0 saturated carbocycles. The number of hydrogen-bond acceptors (Lipinski definition) is 4. The van der Waals surface area contributed by atoms with Crippen LogP contribution in [0.15, 0.2) is 0 Å². The van der Waals surface area contributed by atoms with Gasteiger partial charge < -0.3 is 20.6 Å². The molecule has 0 aromatic heterocycles. The van der Waals surface area contributed by atoms with E-state index in [1.807, 2.05) is 0 Å². The van der Waals surface area contributed by atoms with E-state index in [2.05, 4.69) is 9.80 Å². The van der Waals surface area contributed by atoms with E-state index in [1.54, 1.807) is 0 Å². The number of aliphatic hydroxyl groups is 1. The van der Waals surface area contributed by atoms with Crippen LogP contribution in [0.1, 0.15) is 32.1 Å². The van der Waals surface area contributed by atoms with Crippen molar-refractivity contribution in [1.82, 2.24) is 9.80 Å². The Morgan fingerprint density at radius 2 is 1.47 bits per heavy atom. The van der Waals surface area contributed by atoms with E-state index in [1.165, 1.54) is 45.4 Å². The van der Waals surface area contributed by atoms with Crippen LogP contribution >= 0.6 is 0 Å². The Morgan fingerprint density at radius 3 is 2.06 bits per heavy atom. The average Bonchev–Trinajstić information content (AvgIpc) is 2.57. The van der Waals surface area contributed by atoms with Crippen molar-refractivity contribution in [2.75, 3.05) is 52.4 Å². The van der Waals surface area contributed by atoms with Gasteiger partial charge in [-0.05, 0) is 51.9 Å². The van der Waals surface area contributed by atoms with Crippen molar-refractivity contribution in [3.63, 3.8) is 0 Å². The van der Waals surface area contributed by atoms with Gasteiger partial charge in [0.2, 0.25) is 0 Å². The standard InChI is InChI=1S/C13H29N3O/c14-6-2-1-3-7-15-8-4-9-16(12-11-15)10-5-13-17/h17H,1-14H2. The molecule has 1 aliphatic heterocycles. The first-order valence-electron chi connectivity index (χ1n) is 7.12. The van der Waals surface area contributed by atoms with Gasteiger partial charge >= 0.3 is 0 Å². The second kappa shape index (κ2) is 9.83. The number of hydrogen-bond donors (Lipinski definition) is 2. The summed E-state index contributed by atoms with van der Waals surface area (Å²) in [7, 11) is 0. The van der Waals surface area contributed by atoms with Crippen molar-refractivity contribution in [2.24, 2.45) is 5.73 Å². The van der Waals surface area contributed by atoms with Crippen molar-refractivity contribution in [2.45, 2.75) is 32.1 Å². The number of unbranched alkanes of at least 4 members (excludes halogenated alkanes) is 2. The fourth-order valence-corrected chi connectivity index (χ4v) is 2.42. The van der Waals surface area contributed by atoms with Crippen molar-refractivity contribution in [1.29, 1.82) is 0 Å². The van der Waals surface area contributed by atoms with Crippen LogP contribution in [0.25, 0.3) is 0 Å². The third-order valence-electron chi connectivity index (χ3n) is 3.49. The summed E-state index contributed by atoms with van der Waals surface area (Å²) in [4.78, 5) is 5.06. The number of rotatable bonds is 8. The second-order valence-electron chi connectivity index (χ2n) is 4.96. The van der Waals surface area contributed by atoms with Gasteiger partial charge in [0.15, 0.2) is 0 Å². The van der Waals surface area contributed by atoms with E-state index in [9.17, 15) is 0 Å². The van der Waals surface area contributed by atoms with Crippen molar-refractivity contribution < 1.29 is 5.11 Å². The predicted octanol–water partition coefficient (Wildman–Crippen LogP) is 0.506. The number of nitrogens with two attached hydrogens (primary N) is 1. The molecule has 1 heterocycles. The Balaban J connectivity index is 2.09. The minimum Gasteiger partial charge on any atom is -0.396 e. The smallest absolute Gasteiger partial charge is 0.0443 e. The zero-order valence-electron chi connectivity index (χ0n) is 11.1. The zero-order chi connectivity index (χ0) is 12.3. The Morgan fingerprint density at radius 1 is 0.824 bits per heavy atom. The largest absolute Gasteiger partial charge is 0.396 e. The van der Waals surface area contributed by atoms with Gasteiger partial charge in [0, 0.05) is 26.2 Å². The third-order valence-corrected chi connectivity index (χ3v) is 3.49. The van der Waals surface area contributed by atoms with Gasteiger partial charge in [0.25, 0.3) is 0 Å². The highest BCUT2D eigenvalue weighted by molar-refractivity contribution is 4.69. The molecule has 0 unspecified atom stereocenters. The van der Waals surface area contributed by atoms with Gasteiger partial charge in [0.1, 0.15) is 0 Å². The van der Waals surface area contributed by atoms with Gasteiger partial charge in [0.05, 0.1) is 0 Å². The summed E-state index contributed by atoms with van der Waals surface area (Å²) in [5.41, 5.74) is 5.50. The molecule has 1 aliphatic rings. The second-order valence-corrected chi connectivity index (χ2v) is 4.96. The predicted molar refractivity (Wildman–Crippen MR) is 72.1 cm³/mol. The van der Waals surface area contributed by atoms with Crippen LogP contribution in [0.3, 0.4) is 0 Å². The first kappa shape index (κ1) is 14.9. The summed E-state index contributed by atoms with van der Waals surface area (Å²) in [6, 6.07) is 0. The summed E-state index contributed by atoms with van der Waals surface area (Å²) >= 11 is 0. The number of nitrogens with zero attached hydrogens (tertiary/aromatic N) is 2. The normalized spacial score (nSPS) is 19.4. The Bertz CT molecular complexity index is 178. The van der Waals surface area contributed by atoms with Crippen LogP contribution in [-0.4, -0.2) is 67.3 Å². The van der Waals surface area contributed by atoms with Crippen LogP contribution in [-0.2, 0) is 0 Å². The van der Waals surface area contributed by atoms with Gasteiger partial charge in [-0.3, -0.25) is 0 Å². The Hall–Kier alpha value is -0.160. The lowest BCUT2D eigenvalue weighted by Gasteiger charge is -2.21. The van der Waals surface area contributed by atoms with E-state index in [-0.39, 0.29) is 0 Å². The molecule has 3 N–H and O–H groups in total. The lowest BCUT2D eigenvalue weighted by Crippen LogP contribution is -2.32. The van der Waals surface area contributed by atoms with Crippen LogP contribution in [0.5, 0.6) is 0 Å². The van der Waals surface area contributed by atoms with Crippen molar-refractivity contribution >= 4 is 0 Å². The molecule has 4 heteroatoms. The van der Waals surface area contributed by atoms with Crippen molar-refractivity contribution in [3.8, 4) is 0 Å². The molecule has 1 saturated heterocycles. The monoisotopic (exact) mass is 243 g/mol. The van der Waals surface area contributed by atoms with E-state index in [0.717, 1.165) is 32.5 Å². The van der Waals surface area contributed by atoms with Crippen LogP contribution in [0.4, 0.5) is 0 Å². The number of aliphatic hydroxyl groups excluding tert-OH is 1. The molecule has 102 valence electrons. The van der Waals surface area contributed by atoms with Gasteiger partial charge in [-0.15, -0.1) is 0 Å². The lowest BCUT2D eigenvalue weighted by atomic mass is 10.2. The van der Waals surface area contributed by atoms with E-state index in [4.69, 9.17) is 10.8 Å². The third kappa shape index (κ3) is 6.99. The molecule has 0 bridgehead atoms. The molecular weight excluding hydrogens is 214 g/mol. The van der Waals surface area contributed by atoms with E-state index >= 15 is 0 Å². The van der Waals surface area contributed by atoms with Crippen LogP contribution in [0, 0.1) is 0 Å². The fraction of sp³-hybridized carbons (Fsp3) is 1.00. The molecule has 1 fully saturated rings. The topological polar surface area (TPSA) is 52.7 Å². The maximum atomic E-state index is 8.84. The van der Waals surface area contributed by atoms with Gasteiger partial charge in [-0.25, -0.2) is 0 Å². The first-order valence-corrected chi connectivity index (χ1v) is 7.12. The molecule has 0 amide bonds. The highest BCUT2D eigenvalue weighted by Gasteiger charge is 2.13. The summed E-state index contributed by atoms with van der Waals surface area (Å²) in [5.74, 6) is 0. The summed E-state index contributed by atoms with van der Waals surface area (Å²) in [6.07, 6.45) is 5.89. The summed E-state index contributed by atoms with van der Waals surface area (Å²) in [6.45, 7) is 8.21. The molecule has 17 heavy (non-hydrogen) atoms. The molecular formula is C13H29N3O. The molecule has 0 aromatic carbocycles. The molecule has 0 atom stereocenters. The van der Waals surface area contributed by atoms with Crippen molar-refractivity contribution in [3.05, 3.63) is 0 Å². The summed E-state index contributed by atoms with van der Waals surface area (Å²) in [5, 5.41) is 8.84. The maximum Gasteiger partial charge on any atom is 0.0443 e. The van der Waals surface area contributed by atoms with E-state index < -0.39 is 0 Å². The minimum atomic E-state index is 0.319. The summed E-state index contributed by atoms with van der Waals surface area (Å²) < 4.78 is 0. The average molecular weight is 243 g/mol. The highest BCUT2D eigenvalue weighted by Crippen LogP contribution is 2.05. The van der Waals surface area contributed by atoms with Crippen LogP contribution in [0.2, 0.25) is 0 Å². The first-order chi connectivity index (χ1) is 8.36. The van der Waals surface area contributed by atoms with Gasteiger partial charge in [-0.1, -0.05) is 6.42 Å². The van der Waals surface area contributed by atoms with Gasteiger partial charge in [-0.2, -0.15) is 0 Å². The molecule has 0 aliphatic carbocycles. The lowest BCUT2D eigenvalue weighted by molar-refractivity contribution is 0.221.